The molecule has 1 saturated carbocycles. The van der Waals surface area contributed by atoms with E-state index in [0.717, 1.165) is 0 Å². The quantitative estimate of drug-likeness (QED) is 0.734. The van der Waals surface area contributed by atoms with E-state index in [1.165, 1.54) is 13.3 Å². The normalized spacial score (nSPS) is 17.8. The zero-order valence-corrected chi connectivity index (χ0v) is 9.45. The molecule has 5 heteroatoms. The first kappa shape index (κ1) is 11.1. The van der Waals surface area contributed by atoms with Crippen LogP contribution in [-0.4, -0.2) is 23.8 Å². The summed E-state index contributed by atoms with van der Waals surface area (Å²) in [5, 5.41) is 0.389. The van der Waals surface area contributed by atoms with Crippen molar-refractivity contribution in [1.29, 1.82) is 0 Å². The maximum atomic E-state index is 11.8. The minimum atomic E-state index is -0.897. The van der Waals surface area contributed by atoms with E-state index in [2.05, 4.69) is 4.98 Å². The number of aromatic nitrogens is 1. The van der Waals surface area contributed by atoms with Gasteiger partial charge >= 0.3 is 5.97 Å². The molecule has 0 saturated heterocycles. The number of hydrogen-bond acceptors (Lipinski definition) is 4. The highest BCUT2D eigenvalue weighted by molar-refractivity contribution is 6.31. The number of ether oxygens (including phenoxy) is 1. The highest BCUT2D eigenvalue weighted by Crippen LogP contribution is 2.44. The fraction of sp³-hybridized carbons (Fsp3) is 0.364. The first-order chi connectivity index (χ1) is 7.60. The summed E-state index contributed by atoms with van der Waals surface area (Å²) in [6.07, 6.45) is 3.33. The predicted octanol–water partition coefficient (Wildman–Crippen LogP) is 1.51. The number of esters is 1. The minimum Gasteiger partial charge on any atom is -0.468 e. The Labute approximate surface area is 97.6 Å². The summed E-state index contributed by atoms with van der Waals surface area (Å²) in [7, 11) is 1.31. The maximum absolute atomic E-state index is 11.8. The van der Waals surface area contributed by atoms with Crippen LogP contribution in [-0.2, 0) is 19.7 Å². The van der Waals surface area contributed by atoms with Gasteiger partial charge in [0, 0.05) is 25.2 Å². The van der Waals surface area contributed by atoms with Gasteiger partial charge in [-0.3, -0.25) is 14.6 Å². The summed E-state index contributed by atoms with van der Waals surface area (Å²) in [6.45, 7) is 0. The van der Waals surface area contributed by atoms with Gasteiger partial charge in [0.25, 0.3) is 0 Å². The van der Waals surface area contributed by atoms with Crippen LogP contribution in [0.3, 0.4) is 0 Å². The molecule has 1 aromatic rings. The molecule has 1 aliphatic carbocycles. The molecule has 0 atom stereocenters. The Bertz CT molecular complexity index is 450. The highest BCUT2D eigenvalue weighted by Gasteiger charge is 2.53. The van der Waals surface area contributed by atoms with Gasteiger partial charge in [0.2, 0.25) is 0 Å². The molecule has 0 N–H and O–H groups in total. The van der Waals surface area contributed by atoms with Gasteiger partial charge in [-0.2, -0.15) is 0 Å². The smallest absolute Gasteiger partial charge is 0.317 e. The fourth-order valence-corrected chi connectivity index (χ4v) is 2.33. The summed E-state index contributed by atoms with van der Waals surface area (Å²) >= 11 is 5.99. The van der Waals surface area contributed by atoms with Crippen molar-refractivity contribution in [2.45, 2.75) is 18.3 Å². The zero-order chi connectivity index (χ0) is 11.8. The van der Waals surface area contributed by atoms with E-state index in [4.69, 9.17) is 16.3 Å². The molecule has 1 fully saturated rings. The molecule has 0 aliphatic heterocycles. The van der Waals surface area contributed by atoms with Crippen LogP contribution < -0.4 is 0 Å². The van der Waals surface area contributed by atoms with E-state index in [9.17, 15) is 9.59 Å². The van der Waals surface area contributed by atoms with Crippen molar-refractivity contribution in [2.24, 2.45) is 0 Å². The monoisotopic (exact) mass is 239 g/mol. The lowest BCUT2D eigenvalue weighted by atomic mass is 9.64. The van der Waals surface area contributed by atoms with E-state index in [-0.39, 0.29) is 18.6 Å². The lowest BCUT2D eigenvalue weighted by Crippen LogP contribution is -2.49. The largest absolute Gasteiger partial charge is 0.468 e. The Kier molecular flexibility index (Phi) is 2.68. The van der Waals surface area contributed by atoms with Crippen LogP contribution in [0.25, 0.3) is 0 Å². The van der Waals surface area contributed by atoms with Crippen molar-refractivity contribution in [1.82, 2.24) is 4.98 Å². The third-order valence-corrected chi connectivity index (χ3v) is 3.16. The van der Waals surface area contributed by atoms with Gasteiger partial charge in [-0.25, -0.2) is 0 Å². The predicted molar refractivity (Wildman–Crippen MR) is 57.2 cm³/mol. The Morgan fingerprint density at radius 2 is 2.25 bits per heavy atom. The summed E-state index contributed by atoms with van der Waals surface area (Å²) in [6, 6.07) is 1.66. The molecule has 0 spiro atoms. The number of halogens is 1. The number of Topliss-reactive ketones (excluding diaryl/α,β-unsaturated/α-hetero) is 1. The third kappa shape index (κ3) is 1.50. The fourth-order valence-electron chi connectivity index (χ4n) is 2.02. The molecular formula is C11H10ClNO3. The number of carbonyl (C=O) groups is 2. The van der Waals surface area contributed by atoms with Crippen LogP contribution in [0.4, 0.5) is 0 Å². The Morgan fingerprint density at radius 1 is 1.56 bits per heavy atom. The first-order valence-corrected chi connectivity index (χ1v) is 5.18. The number of pyridine rings is 1. The zero-order valence-electron chi connectivity index (χ0n) is 8.70. The van der Waals surface area contributed by atoms with Crippen molar-refractivity contribution in [2.75, 3.05) is 7.11 Å². The van der Waals surface area contributed by atoms with E-state index in [1.54, 1.807) is 12.3 Å². The average Bonchev–Trinajstić information content (AvgIpc) is 2.24. The van der Waals surface area contributed by atoms with Crippen molar-refractivity contribution in [3.63, 3.8) is 0 Å². The van der Waals surface area contributed by atoms with Crippen molar-refractivity contribution in [3.8, 4) is 0 Å². The summed E-state index contributed by atoms with van der Waals surface area (Å²) < 4.78 is 4.75. The summed E-state index contributed by atoms with van der Waals surface area (Å²) in [4.78, 5) is 26.8. The topological polar surface area (TPSA) is 56.3 Å². The summed E-state index contributed by atoms with van der Waals surface area (Å²) in [5.74, 6) is -0.376. The molecule has 0 unspecified atom stereocenters. The molecule has 0 aromatic carbocycles. The van der Waals surface area contributed by atoms with Crippen LogP contribution in [0.2, 0.25) is 5.02 Å². The Morgan fingerprint density at radius 3 is 2.75 bits per heavy atom. The number of carbonyl (C=O) groups excluding carboxylic acids is 2. The first-order valence-electron chi connectivity index (χ1n) is 4.80. The van der Waals surface area contributed by atoms with Crippen molar-refractivity contribution in [3.05, 3.63) is 29.0 Å². The highest BCUT2D eigenvalue weighted by atomic mass is 35.5. The molecule has 0 amide bonds. The third-order valence-electron chi connectivity index (χ3n) is 2.86. The molecule has 1 aromatic heterocycles. The molecular weight excluding hydrogens is 230 g/mol. The second-order valence-corrected chi connectivity index (χ2v) is 4.23. The average molecular weight is 240 g/mol. The molecule has 0 bridgehead atoms. The Balaban J connectivity index is 2.46. The molecule has 4 nitrogen and oxygen atoms in total. The number of nitrogens with zero attached hydrogens (tertiary/aromatic N) is 1. The van der Waals surface area contributed by atoms with Crippen LogP contribution in [0.5, 0.6) is 0 Å². The van der Waals surface area contributed by atoms with Crippen LogP contribution >= 0.6 is 11.6 Å². The van der Waals surface area contributed by atoms with Crippen molar-refractivity contribution >= 4 is 23.4 Å². The minimum absolute atomic E-state index is 0.0401. The Hall–Kier alpha value is -1.42. The van der Waals surface area contributed by atoms with Crippen LogP contribution in [0.15, 0.2) is 18.5 Å². The van der Waals surface area contributed by atoms with Crippen LogP contribution in [0.1, 0.15) is 18.4 Å². The van der Waals surface area contributed by atoms with Gasteiger partial charge in [-0.05, 0) is 11.6 Å². The summed E-state index contributed by atoms with van der Waals surface area (Å²) in [5.41, 5.74) is -0.276. The number of methoxy groups -OCH3 is 1. The molecule has 1 aliphatic rings. The van der Waals surface area contributed by atoms with Gasteiger partial charge in [0.05, 0.1) is 12.1 Å². The second kappa shape index (κ2) is 3.87. The maximum Gasteiger partial charge on any atom is 0.317 e. The molecule has 1 heterocycles. The molecule has 0 radical (unpaired) electrons. The number of rotatable bonds is 2. The molecule has 16 heavy (non-hydrogen) atoms. The molecule has 2 rings (SSSR count). The van der Waals surface area contributed by atoms with E-state index in [1.807, 2.05) is 0 Å². The van der Waals surface area contributed by atoms with Gasteiger partial charge in [0.1, 0.15) is 11.2 Å². The van der Waals surface area contributed by atoms with E-state index >= 15 is 0 Å². The lowest BCUT2D eigenvalue weighted by molar-refractivity contribution is -0.156. The number of ketones is 1. The van der Waals surface area contributed by atoms with E-state index < -0.39 is 11.4 Å². The van der Waals surface area contributed by atoms with Crippen LogP contribution in [0, 0.1) is 0 Å². The van der Waals surface area contributed by atoms with Crippen molar-refractivity contribution < 1.29 is 14.3 Å². The van der Waals surface area contributed by atoms with E-state index in [0.29, 0.717) is 10.6 Å². The van der Waals surface area contributed by atoms with Gasteiger partial charge in [0.15, 0.2) is 0 Å². The van der Waals surface area contributed by atoms with Gasteiger partial charge in [-0.15, -0.1) is 0 Å². The molecule has 84 valence electrons. The lowest BCUT2D eigenvalue weighted by Gasteiger charge is -2.38. The standard InChI is InChI=1S/C11H10ClNO3/c1-16-10(15)11(4-7(14)5-11)8-2-3-13-6-9(8)12/h2-3,6H,4-5H2,1H3. The van der Waals surface area contributed by atoms with Gasteiger partial charge in [-0.1, -0.05) is 11.6 Å². The SMILES string of the molecule is COC(=O)C1(c2ccncc2Cl)CC(=O)C1. The van der Waals surface area contributed by atoms with Gasteiger partial charge < -0.3 is 4.74 Å². The second-order valence-electron chi connectivity index (χ2n) is 3.82. The number of hydrogen-bond donors (Lipinski definition) is 0.